The van der Waals surface area contributed by atoms with Crippen molar-refractivity contribution in [2.75, 3.05) is 19.6 Å². The van der Waals surface area contributed by atoms with Crippen LogP contribution in [0.1, 0.15) is 31.7 Å². The van der Waals surface area contributed by atoms with Gasteiger partial charge in [-0.25, -0.2) is 0 Å². The van der Waals surface area contributed by atoms with Crippen LogP contribution >= 0.6 is 0 Å². The molecule has 0 saturated carbocycles. The molecular weight excluding hydrogens is 196 g/mol. The first-order valence-electron chi connectivity index (χ1n) is 6.39. The van der Waals surface area contributed by atoms with E-state index >= 15 is 0 Å². The monoisotopic (exact) mass is 220 g/mol. The molecule has 0 unspecified atom stereocenters. The highest BCUT2D eigenvalue weighted by Gasteiger charge is 1.91. The Bertz CT molecular complexity index is 246. The Balaban J connectivity index is 1.89. The fourth-order valence-electron chi connectivity index (χ4n) is 1.68. The summed E-state index contributed by atoms with van der Waals surface area (Å²) in [6, 6.07) is 10.6. The van der Waals surface area contributed by atoms with Gasteiger partial charge in [-0.2, -0.15) is 0 Å². The van der Waals surface area contributed by atoms with Crippen molar-refractivity contribution in [1.29, 1.82) is 0 Å². The van der Waals surface area contributed by atoms with E-state index in [0.29, 0.717) is 0 Å². The van der Waals surface area contributed by atoms with Crippen molar-refractivity contribution >= 4 is 0 Å². The standard InChI is InChI=1S/C14H24N2/c1-2-15-11-7-4-8-12-16-13-14-9-5-3-6-10-14/h3,5-6,9-10,15-16H,2,4,7-8,11-13H2,1H3. The zero-order valence-corrected chi connectivity index (χ0v) is 10.3. The van der Waals surface area contributed by atoms with Gasteiger partial charge in [-0.1, -0.05) is 43.7 Å². The molecule has 0 radical (unpaired) electrons. The summed E-state index contributed by atoms with van der Waals surface area (Å²) in [5, 5.41) is 6.82. The van der Waals surface area contributed by atoms with E-state index in [1.54, 1.807) is 0 Å². The molecule has 2 heteroatoms. The van der Waals surface area contributed by atoms with Crippen LogP contribution in [0.4, 0.5) is 0 Å². The number of hydrogen-bond donors (Lipinski definition) is 2. The lowest BCUT2D eigenvalue weighted by molar-refractivity contribution is 0.579. The summed E-state index contributed by atoms with van der Waals surface area (Å²) in [4.78, 5) is 0. The van der Waals surface area contributed by atoms with Crippen molar-refractivity contribution in [1.82, 2.24) is 10.6 Å². The highest BCUT2D eigenvalue weighted by atomic mass is 14.8. The zero-order valence-electron chi connectivity index (χ0n) is 10.3. The van der Waals surface area contributed by atoms with Crippen molar-refractivity contribution in [3.63, 3.8) is 0 Å². The summed E-state index contributed by atoms with van der Waals surface area (Å²) in [5.74, 6) is 0. The average Bonchev–Trinajstić information content (AvgIpc) is 2.34. The van der Waals surface area contributed by atoms with E-state index in [2.05, 4.69) is 47.9 Å². The Labute approximate surface area is 99.5 Å². The molecule has 0 spiro atoms. The van der Waals surface area contributed by atoms with Gasteiger partial charge in [0.05, 0.1) is 0 Å². The molecule has 1 aromatic carbocycles. The van der Waals surface area contributed by atoms with Gasteiger partial charge in [-0.05, 0) is 38.0 Å². The Hall–Kier alpha value is -0.860. The summed E-state index contributed by atoms with van der Waals surface area (Å²) in [5.41, 5.74) is 1.37. The third kappa shape index (κ3) is 6.59. The summed E-state index contributed by atoms with van der Waals surface area (Å²) in [6.07, 6.45) is 3.88. The SMILES string of the molecule is CCNCCCCCNCc1ccccc1. The van der Waals surface area contributed by atoms with Crippen LogP contribution in [-0.4, -0.2) is 19.6 Å². The smallest absolute Gasteiger partial charge is 0.0205 e. The summed E-state index contributed by atoms with van der Waals surface area (Å²) in [7, 11) is 0. The minimum absolute atomic E-state index is 0.994. The lowest BCUT2D eigenvalue weighted by Gasteiger charge is -2.05. The molecule has 0 heterocycles. The quantitative estimate of drug-likeness (QED) is 0.625. The van der Waals surface area contributed by atoms with Crippen molar-refractivity contribution in [2.24, 2.45) is 0 Å². The van der Waals surface area contributed by atoms with Crippen LogP contribution in [0.2, 0.25) is 0 Å². The second kappa shape index (κ2) is 9.37. The van der Waals surface area contributed by atoms with Gasteiger partial charge in [0.15, 0.2) is 0 Å². The van der Waals surface area contributed by atoms with E-state index in [4.69, 9.17) is 0 Å². The molecule has 0 aliphatic heterocycles. The Kier molecular flexibility index (Phi) is 7.74. The molecular formula is C14H24N2. The highest BCUT2D eigenvalue weighted by molar-refractivity contribution is 5.14. The number of rotatable bonds is 9. The normalized spacial score (nSPS) is 10.6. The highest BCUT2D eigenvalue weighted by Crippen LogP contribution is 1.98. The van der Waals surface area contributed by atoms with Gasteiger partial charge in [0.2, 0.25) is 0 Å². The minimum Gasteiger partial charge on any atom is -0.317 e. The van der Waals surface area contributed by atoms with Crippen LogP contribution in [0.25, 0.3) is 0 Å². The molecule has 0 saturated heterocycles. The Morgan fingerprint density at radius 1 is 0.875 bits per heavy atom. The van der Waals surface area contributed by atoms with Crippen molar-refractivity contribution < 1.29 is 0 Å². The fourth-order valence-corrected chi connectivity index (χ4v) is 1.68. The maximum atomic E-state index is 3.47. The van der Waals surface area contributed by atoms with Crippen LogP contribution in [-0.2, 0) is 6.54 Å². The van der Waals surface area contributed by atoms with Gasteiger partial charge in [0.1, 0.15) is 0 Å². The molecule has 16 heavy (non-hydrogen) atoms. The molecule has 2 nitrogen and oxygen atoms in total. The Morgan fingerprint density at radius 3 is 2.25 bits per heavy atom. The summed E-state index contributed by atoms with van der Waals surface area (Å²) < 4.78 is 0. The largest absolute Gasteiger partial charge is 0.317 e. The molecule has 0 fully saturated rings. The van der Waals surface area contributed by atoms with E-state index in [-0.39, 0.29) is 0 Å². The molecule has 0 aliphatic carbocycles. The van der Waals surface area contributed by atoms with Crippen LogP contribution < -0.4 is 10.6 Å². The van der Waals surface area contributed by atoms with Crippen LogP contribution in [0.5, 0.6) is 0 Å². The van der Waals surface area contributed by atoms with E-state index < -0.39 is 0 Å². The van der Waals surface area contributed by atoms with Crippen LogP contribution in [0.15, 0.2) is 30.3 Å². The van der Waals surface area contributed by atoms with Gasteiger partial charge in [-0.15, -0.1) is 0 Å². The molecule has 0 amide bonds. The Morgan fingerprint density at radius 2 is 1.56 bits per heavy atom. The first kappa shape index (κ1) is 13.2. The van der Waals surface area contributed by atoms with Crippen LogP contribution in [0.3, 0.4) is 0 Å². The molecule has 1 rings (SSSR count). The molecule has 2 N–H and O–H groups in total. The van der Waals surface area contributed by atoms with Crippen molar-refractivity contribution in [3.05, 3.63) is 35.9 Å². The maximum absolute atomic E-state index is 3.47. The first-order valence-corrected chi connectivity index (χ1v) is 6.39. The van der Waals surface area contributed by atoms with E-state index in [1.807, 2.05) is 0 Å². The number of benzene rings is 1. The first-order chi connectivity index (χ1) is 7.93. The average molecular weight is 220 g/mol. The topological polar surface area (TPSA) is 24.1 Å². The number of unbranched alkanes of at least 4 members (excludes halogenated alkanes) is 2. The zero-order chi connectivity index (χ0) is 11.5. The van der Waals surface area contributed by atoms with E-state index in [1.165, 1.54) is 24.8 Å². The third-order valence-corrected chi connectivity index (χ3v) is 2.63. The predicted octanol–water partition coefficient (Wildman–Crippen LogP) is 2.56. The van der Waals surface area contributed by atoms with Gasteiger partial charge in [-0.3, -0.25) is 0 Å². The van der Waals surface area contributed by atoms with Gasteiger partial charge in [0, 0.05) is 6.54 Å². The third-order valence-electron chi connectivity index (χ3n) is 2.63. The molecule has 1 aromatic rings. The molecule has 0 aromatic heterocycles. The number of nitrogens with one attached hydrogen (secondary N) is 2. The number of hydrogen-bond acceptors (Lipinski definition) is 2. The van der Waals surface area contributed by atoms with E-state index in [9.17, 15) is 0 Å². The van der Waals surface area contributed by atoms with Crippen LogP contribution in [0, 0.1) is 0 Å². The fraction of sp³-hybridized carbons (Fsp3) is 0.571. The minimum atomic E-state index is 0.994. The molecule has 0 bridgehead atoms. The molecule has 0 aliphatic rings. The molecule has 0 atom stereocenters. The van der Waals surface area contributed by atoms with Gasteiger partial charge >= 0.3 is 0 Å². The second-order valence-electron chi connectivity index (χ2n) is 4.08. The van der Waals surface area contributed by atoms with E-state index in [0.717, 1.165) is 26.2 Å². The lowest BCUT2D eigenvalue weighted by Crippen LogP contribution is -2.16. The van der Waals surface area contributed by atoms with Gasteiger partial charge in [0.25, 0.3) is 0 Å². The maximum Gasteiger partial charge on any atom is 0.0205 e. The lowest BCUT2D eigenvalue weighted by atomic mass is 10.2. The van der Waals surface area contributed by atoms with Crippen molar-refractivity contribution in [2.45, 2.75) is 32.7 Å². The summed E-state index contributed by atoms with van der Waals surface area (Å²) >= 11 is 0. The van der Waals surface area contributed by atoms with Crippen molar-refractivity contribution in [3.8, 4) is 0 Å². The predicted molar refractivity (Wildman–Crippen MR) is 70.5 cm³/mol. The van der Waals surface area contributed by atoms with Gasteiger partial charge < -0.3 is 10.6 Å². The second-order valence-corrected chi connectivity index (χ2v) is 4.08. The molecule has 90 valence electrons. The summed E-state index contributed by atoms with van der Waals surface area (Å²) in [6.45, 7) is 6.53.